The predicted octanol–water partition coefficient (Wildman–Crippen LogP) is 2.08. The van der Waals surface area contributed by atoms with Gasteiger partial charge in [0.05, 0.1) is 5.60 Å². The molecule has 0 radical (unpaired) electrons. The summed E-state index contributed by atoms with van der Waals surface area (Å²) in [6.07, 6.45) is 2.53. The molecule has 0 aliphatic heterocycles. The van der Waals surface area contributed by atoms with Crippen LogP contribution in [0.25, 0.3) is 0 Å². The zero-order valence-corrected chi connectivity index (χ0v) is 8.67. The molecule has 2 heteroatoms. The van der Waals surface area contributed by atoms with Crippen molar-refractivity contribution < 1.29 is 10.2 Å². The fourth-order valence-corrected chi connectivity index (χ4v) is 1.85. The van der Waals surface area contributed by atoms with E-state index in [0.29, 0.717) is 5.75 Å². The molecule has 0 saturated heterocycles. The Labute approximate surface area is 84.2 Å². The third-order valence-electron chi connectivity index (χ3n) is 2.91. The molecule has 76 valence electrons. The number of hydrogen-bond acceptors (Lipinski definition) is 2. The van der Waals surface area contributed by atoms with Gasteiger partial charge < -0.3 is 10.2 Å². The highest BCUT2D eigenvalue weighted by Crippen LogP contribution is 2.39. The van der Waals surface area contributed by atoms with Crippen LogP contribution in [0.2, 0.25) is 0 Å². The van der Waals surface area contributed by atoms with E-state index in [2.05, 4.69) is 0 Å². The van der Waals surface area contributed by atoms with Crippen molar-refractivity contribution >= 4 is 0 Å². The van der Waals surface area contributed by atoms with Crippen LogP contribution in [0.1, 0.15) is 29.5 Å². The average molecular weight is 192 g/mol. The summed E-state index contributed by atoms with van der Waals surface area (Å²) < 4.78 is 0. The molecule has 1 saturated carbocycles. The highest BCUT2D eigenvalue weighted by Gasteiger charge is 2.40. The van der Waals surface area contributed by atoms with Crippen molar-refractivity contribution in [3.8, 4) is 5.75 Å². The van der Waals surface area contributed by atoms with Gasteiger partial charge in [0.25, 0.3) is 0 Å². The van der Waals surface area contributed by atoms with Crippen molar-refractivity contribution in [3.63, 3.8) is 0 Å². The summed E-state index contributed by atoms with van der Waals surface area (Å²) in [5, 5.41) is 19.4. The summed E-state index contributed by atoms with van der Waals surface area (Å²) in [7, 11) is 0. The highest BCUT2D eigenvalue weighted by molar-refractivity contribution is 5.42. The van der Waals surface area contributed by atoms with E-state index in [-0.39, 0.29) is 0 Å². The van der Waals surface area contributed by atoms with Gasteiger partial charge in [0.15, 0.2) is 0 Å². The second-order valence-corrected chi connectivity index (χ2v) is 4.48. The molecule has 2 nitrogen and oxygen atoms in total. The van der Waals surface area contributed by atoms with Gasteiger partial charge >= 0.3 is 0 Å². The molecule has 1 fully saturated rings. The molecular formula is C12H16O2. The van der Waals surface area contributed by atoms with Gasteiger partial charge in [-0.1, -0.05) is 12.1 Å². The van der Waals surface area contributed by atoms with Crippen molar-refractivity contribution in [1.82, 2.24) is 0 Å². The zero-order chi connectivity index (χ0) is 10.3. The van der Waals surface area contributed by atoms with Crippen molar-refractivity contribution in [3.05, 3.63) is 28.8 Å². The Kier molecular flexibility index (Phi) is 2.04. The molecule has 0 heterocycles. The number of aromatic hydroxyl groups is 1. The quantitative estimate of drug-likeness (QED) is 0.753. The van der Waals surface area contributed by atoms with E-state index in [1.165, 1.54) is 0 Å². The van der Waals surface area contributed by atoms with E-state index in [4.69, 9.17) is 0 Å². The maximum Gasteiger partial charge on any atom is 0.121 e. The minimum absolute atomic E-state index is 0.372. The molecule has 1 aliphatic carbocycles. The molecular weight excluding hydrogens is 176 g/mol. The second-order valence-electron chi connectivity index (χ2n) is 4.48. The molecule has 1 aliphatic rings. The van der Waals surface area contributed by atoms with Gasteiger partial charge in [-0.05, 0) is 43.4 Å². The molecule has 0 unspecified atom stereocenters. The fourth-order valence-electron chi connectivity index (χ4n) is 1.85. The van der Waals surface area contributed by atoms with Crippen LogP contribution < -0.4 is 0 Å². The molecule has 0 bridgehead atoms. The monoisotopic (exact) mass is 192 g/mol. The number of phenols is 1. The van der Waals surface area contributed by atoms with Gasteiger partial charge in [-0.25, -0.2) is 0 Å². The Morgan fingerprint density at radius 1 is 1.21 bits per heavy atom. The SMILES string of the molecule is Cc1cc(CC2(O)CC2)cc(C)c1O. The van der Waals surface area contributed by atoms with Gasteiger partial charge in [-0.2, -0.15) is 0 Å². The molecule has 14 heavy (non-hydrogen) atoms. The van der Waals surface area contributed by atoms with E-state index in [0.717, 1.165) is 36.0 Å². The van der Waals surface area contributed by atoms with E-state index in [1.807, 2.05) is 26.0 Å². The molecule has 0 amide bonds. The van der Waals surface area contributed by atoms with Crippen molar-refractivity contribution in [2.45, 2.75) is 38.7 Å². The molecule has 1 aromatic rings. The maximum atomic E-state index is 9.77. The number of rotatable bonds is 2. The third kappa shape index (κ3) is 1.75. The van der Waals surface area contributed by atoms with Crippen LogP contribution in [-0.4, -0.2) is 15.8 Å². The van der Waals surface area contributed by atoms with Gasteiger partial charge in [-0.15, -0.1) is 0 Å². The summed E-state index contributed by atoms with van der Waals surface area (Å²) in [5.41, 5.74) is 2.46. The smallest absolute Gasteiger partial charge is 0.121 e. The fraction of sp³-hybridized carbons (Fsp3) is 0.500. The first kappa shape index (κ1) is 9.53. The summed E-state index contributed by atoms with van der Waals surface area (Å²) in [4.78, 5) is 0. The van der Waals surface area contributed by atoms with Crippen LogP contribution in [0.15, 0.2) is 12.1 Å². The topological polar surface area (TPSA) is 40.5 Å². The molecule has 0 aromatic heterocycles. The Hall–Kier alpha value is -1.02. The van der Waals surface area contributed by atoms with Crippen LogP contribution in [-0.2, 0) is 6.42 Å². The average Bonchev–Trinajstić information content (AvgIpc) is 2.79. The van der Waals surface area contributed by atoms with Crippen LogP contribution >= 0.6 is 0 Å². The van der Waals surface area contributed by atoms with Gasteiger partial charge in [0.2, 0.25) is 0 Å². The van der Waals surface area contributed by atoms with Crippen LogP contribution in [0.5, 0.6) is 5.75 Å². The van der Waals surface area contributed by atoms with Crippen LogP contribution in [0.4, 0.5) is 0 Å². The van der Waals surface area contributed by atoms with Crippen LogP contribution in [0.3, 0.4) is 0 Å². The lowest BCUT2D eigenvalue weighted by Crippen LogP contribution is -2.10. The van der Waals surface area contributed by atoms with E-state index >= 15 is 0 Å². The predicted molar refractivity (Wildman–Crippen MR) is 55.5 cm³/mol. The number of aryl methyl sites for hydroxylation is 2. The van der Waals surface area contributed by atoms with Crippen molar-refractivity contribution in [2.75, 3.05) is 0 Å². The molecule has 2 N–H and O–H groups in total. The summed E-state index contributed by atoms with van der Waals surface area (Å²) in [5.74, 6) is 0.372. The van der Waals surface area contributed by atoms with Gasteiger partial charge in [0, 0.05) is 6.42 Å². The number of aliphatic hydroxyl groups is 1. The second kappa shape index (κ2) is 2.99. The summed E-state index contributed by atoms with van der Waals surface area (Å²) in [6.45, 7) is 3.78. The van der Waals surface area contributed by atoms with Crippen molar-refractivity contribution in [2.24, 2.45) is 0 Å². The molecule has 0 spiro atoms. The molecule has 1 aromatic carbocycles. The Bertz CT molecular complexity index is 342. The number of phenolic OH excluding ortho intramolecular Hbond substituents is 1. The first-order chi connectivity index (χ1) is 6.50. The maximum absolute atomic E-state index is 9.77. The van der Waals surface area contributed by atoms with Gasteiger partial charge in [0.1, 0.15) is 5.75 Å². The number of hydrogen-bond donors (Lipinski definition) is 2. The molecule has 2 rings (SSSR count). The minimum Gasteiger partial charge on any atom is -0.507 e. The lowest BCUT2D eigenvalue weighted by atomic mass is 10.0. The van der Waals surface area contributed by atoms with E-state index in [9.17, 15) is 10.2 Å². The van der Waals surface area contributed by atoms with Gasteiger partial charge in [-0.3, -0.25) is 0 Å². The van der Waals surface area contributed by atoms with Crippen LogP contribution in [0, 0.1) is 13.8 Å². The lowest BCUT2D eigenvalue weighted by Gasteiger charge is -2.11. The third-order valence-corrected chi connectivity index (χ3v) is 2.91. The Morgan fingerprint density at radius 2 is 1.71 bits per heavy atom. The first-order valence-electron chi connectivity index (χ1n) is 5.02. The standard InChI is InChI=1S/C12H16O2/c1-8-5-10(6-9(2)11(8)13)7-12(14)3-4-12/h5-6,13-14H,3-4,7H2,1-2H3. The zero-order valence-electron chi connectivity index (χ0n) is 8.67. The van der Waals surface area contributed by atoms with E-state index < -0.39 is 5.60 Å². The summed E-state index contributed by atoms with van der Waals surface area (Å²) >= 11 is 0. The number of benzene rings is 1. The lowest BCUT2D eigenvalue weighted by molar-refractivity contribution is 0.151. The Morgan fingerprint density at radius 3 is 2.14 bits per heavy atom. The Balaban J connectivity index is 2.26. The largest absolute Gasteiger partial charge is 0.507 e. The first-order valence-corrected chi connectivity index (χ1v) is 5.02. The summed E-state index contributed by atoms with van der Waals surface area (Å²) in [6, 6.07) is 3.91. The van der Waals surface area contributed by atoms with E-state index in [1.54, 1.807) is 0 Å². The normalized spacial score (nSPS) is 18.2. The minimum atomic E-state index is -0.449. The highest BCUT2D eigenvalue weighted by atomic mass is 16.3. The van der Waals surface area contributed by atoms with Crippen molar-refractivity contribution in [1.29, 1.82) is 0 Å². The molecule has 0 atom stereocenters.